The van der Waals surface area contributed by atoms with Gasteiger partial charge in [0, 0.05) is 11.4 Å². The Balaban J connectivity index is 2.33. The van der Waals surface area contributed by atoms with Gasteiger partial charge in [0.25, 0.3) is 0 Å². The normalized spacial score (nSPS) is 12.6. The van der Waals surface area contributed by atoms with Gasteiger partial charge in [-0.15, -0.1) is 5.10 Å². The summed E-state index contributed by atoms with van der Waals surface area (Å²) in [6.45, 7) is 4.59. The molecule has 5 nitrogen and oxygen atoms in total. The van der Waals surface area contributed by atoms with Crippen LogP contribution < -0.4 is 5.69 Å². The first-order chi connectivity index (χ1) is 9.67. The van der Waals surface area contributed by atoms with Gasteiger partial charge in [-0.2, -0.15) is 0 Å². The number of nitrogens with zero attached hydrogens (tertiary/aromatic N) is 2. The standard InChI is InChI=1S/C14H19N3O2S/c1-3-9-17-13(19)15-16-14(17)20-12-8-6-5-7-10(12)11(18)4-2/h5-8,11,18H,3-4,9H2,1-2H3,(H,15,19)/t11-/m1/s1. The van der Waals surface area contributed by atoms with Gasteiger partial charge in [0.05, 0.1) is 6.10 Å². The Morgan fingerprint density at radius 1 is 1.40 bits per heavy atom. The van der Waals surface area contributed by atoms with E-state index in [4.69, 9.17) is 0 Å². The van der Waals surface area contributed by atoms with Crippen molar-refractivity contribution in [3.63, 3.8) is 0 Å². The first kappa shape index (κ1) is 14.9. The number of hydrogen-bond donors (Lipinski definition) is 2. The first-order valence-electron chi connectivity index (χ1n) is 6.77. The van der Waals surface area contributed by atoms with E-state index in [-0.39, 0.29) is 5.69 Å². The number of H-pyrrole nitrogens is 1. The number of aliphatic hydroxyl groups is 1. The third-order valence-electron chi connectivity index (χ3n) is 3.04. The van der Waals surface area contributed by atoms with Crippen LogP contribution in [-0.4, -0.2) is 19.9 Å². The average Bonchev–Trinajstić information content (AvgIpc) is 2.80. The number of hydrogen-bond acceptors (Lipinski definition) is 4. The molecule has 0 radical (unpaired) electrons. The van der Waals surface area contributed by atoms with E-state index in [1.54, 1.807) is 4.57 Å². The zero-order valence-corrected chi connectivity index (χ0v) is 12.5. The van der Waals surface area contributed by atoms with Gasteiger partial charge < -0.3 is 5.11 Å². The molecule has 0 aliphatic carbocycles. The Labute approximate surface area is 122 Å². The summed E-state index contributed by atoms with van der Waals surface area (Å²) in [5, 5.41) is 17.2. The Morgan fingerprint density at radius 3 is 2.85 bits per heavy atom. The lowest BCUT2D eigenvalue weighted by Crippen LogP contribution is -2.17. The minimum atomic E-state index is -0.496. The van der Waals surface area contributed by atoms with Crippen molar-refractivity contribution in [2.45, 2.75) is 49.4 Å². The second kappa shape index (κ2) is 6.76. The number of nitrogens with one attached hydrogen (secondary N) is 1. The molecular weight excluding hydrogens is 274 g/mol. The number of rotatable bonds is 6. The van der Waals surface area contributed by atoms with E-state index in [1.807, 2.05) is 38.1 Å². The van der Waals surface area contributed by atoms with E-state index in [0.717, 1.165) is 16.9 Å². The summed E-state index contributed by atoms with van der Waals surface area (Å²) in [6, 6.07) is 7.67. The maximum Gasteiger partial charge on any atom is 0.343 e. The lowest BCUT2D eigenvalue weighted by molar-refractivity contribution is 0.171. The summed E-state index contributed by atoms with van der Waals surface area (Å²) in [7, 11) is 0. The Morgan fingerprint density at radius 2 is 2.15 bits per heavy atom. The van der Waals surface area contributed by atoms with Gasteiger partial charge in [0.2, 0.25) is 0 Å². The average molecular weight is 293 g/mol. The molecule has 1 aromatic heterocycles. The van der Waals surface area contributed by atoms with E-state index in [1.165, 1.54) is 11.8 Å². The van der Waals surface area contributed by atoms with Gasteiger partial charge in [-0.1, -0.05) is 32.0 Å². The van der Waals surface area contributed by atoms with Gasteiger partial charge in [-0.05, 0) is 36.2 Å². The highest BCUT2D eigenvalue weighted by atomic mass is 32.2. The van der Waals surface area contributed by atoms with Crippen LogP contribution in [0.4, 0.5) is 0 Å². The van der Waals surface area contributed by atoms with E-state index in [9.17, 15) is 9.90 Å². The highest BCUT2D eigenvalue weighted by molar-refractivity contribution is 7.99. The molecule has 0 spiro atoms. The SMILES string of the molecule is CCCn1c(Sc2ccccc2[C@H](O)CC)n[nH]c1=O. The second-order valence-corrected chi connectivity index (χ2v) is 5.54. The van der Waals surface area contributed by atoms with E-state index < -0.39 is 6.10 Å². The molecule has 0 fully saturated rings. The fourth-order valence-corrected chi connectivity index (χ4v) is 3.01. The maximum atomic E-state index is 11.7. The van der Waals surface area contributed by atoms with Crippen LogP contribution in [0.15, 0.2) is 39.1 Å². The second-order valence-electron chi connectivity index (χ2n) is 4.53. The number of benzene rings is 1. The lowest BCUT2D eigenvalue weighted by Gasteiger charge is -2.13. The molecule has 0 saturated carbocycles. The van der Waals surface area contributed by atoms with Gasteiger partial charge in [-0.3, -0.25) is 4.57 Å². The first-order valence-corrected chi connectivity index (χ1v) is 7.59. The lowest BCUT2D eigenvalue weighted by atomic mass is 10.1. The summed E-state index contributed by atoms with van der Waals surface area (Å²) in [6.07, 6.45) is 1.02. The minimum absolute atomic E-state index is 0.192. The van der Waals surface area contributed by atoms with Crippen LogP contribution in [0.2, 0.25) is 0 Å². The largest absolute Gasteiger partial charge is 0.388 e. The fraction of sp³-hybridized carbons (Fsp3) is 0.429. The molecule has 1 heterocycles. The van der Waals surface area contributed by atoms with Crippen LogP contribution in [0.3, 0.4) is 0 Å². The van der Waals surface area contributed by atoms with Crippen molar-refractivity contribution in [3.05, 3.63) is 40.3 Å². The van der Waals surface area contributed by atoms with Crippen molar-refractivity contribution >= 4 is 11.8 Å². The highest BCUT2D eigenvalue weighted by Crippen LogP contribution is 2.32. The van der Waals surface area contributed by atoms with Crippen LogP contribution in [0.1, 0.15) is 38.4 Å². The molecule has 0 saturated heterocycles. The van der Waals surface area contributed by atoms with Crippen molar-refractivity contribution in [2.24, 2.45) is 0 Å². The molecular formula is C14H19N3O2S. The van der Waals surface area contributed by atoms with Gasteiger partial charge in [0.1, 0.15) is 0 Å². The van der Waals surface area contributed by atoms with Crippen LogP contribution in [-0.2, 0) is 6.54 Å². The molecule has 2 N–H and O–H groups in total. The molecule has 0 bridgehead atoms. The van der Waals surface area contributed by atoms with E-state index >= 15 is 0 Å². The molecule has 108 valence electrons. The minimum Gasteiger partial charge on any atom is -0.388 e. The summed E-state index contributed by atoms with van der Waals surface area (Å²) >= 11 is 1.41. The molecule has 0 amide bonds. The van der Waals surface area contributed by atoms with Gasteiger partial charge in [0.15, 0.2) is 5.16 Å². The predicted molar refractivity (Wildman–Crippen MR) is 79.0 cm³/mol. The van der Waals surface area contributed by atoms with Crippen molar-refractivity contribution in [1.29, 1.82) is 0 Å². The third-order valence-corrected chi connectivity index (χ3v) is 4.12. The molecule has 1 aromatic carbocycles. The van der Waals surface area contributed by atoms with E-state index in [2.05, 4.69) is 10.2 Å². The summed E-state index contributed by atoms with van der Waals surface area (Å²) in [5.74, 6) is 0. The fourth-order valence-electron chi connectivity index (χ4n) is 1.97. The monoisotopic (exact) mass is 293 g/mol. The molecule has 1 atom stereocenters. The van der Waals surface area contributed by atoms with E-state index in [0.29, 0.717) is 18.1 Å². The van der Waals surface area contributed by atoms with Crippen molar-refractivity contribution in [1.82, 2.24) is 14.8 Å². The molecule has 20 heavy (non-hydrogen) atoms. The third kappa shape index (κ3) is 3.13. The smallest absolute Gasteiger partial charge is 0.343 e. The predicted octanol–water partition coefficient (Wildman–Crippen LogP) is 2.58. The number of aliphatic hydroxyl groups excluding tert-OH is 1. The molecule has 6 heteroatoms. The maximum absolute atomic E-state index is 11.7. The Bertz CT molecular complexity index is 621. The van der Waals surface area contributed by atoms with Crippen molar-refractivity contribution in [3.8, 4) is 0 Å². The summed E-state index contributed by atoms with van der Waals surface area (Å²) in [5.41, 5.74) is 0.682. The molecule has 2 aromatic rings. The quantitative estimate of drug-likeness (QED) is 0.858. The summed E-state index contributed by atoms with van der Waals surface area (Å²) < 4.78 is 1.62. The van der Waals surface area contributed by atoms with Crippen LogP contribution in [0, 0.1) is 0 Å². The molecule has 0 aliphatic heterocycles. The number of aromatic nitrogens is 3. The van der Waals surface area contributed by atoms with Crippen LogP contribution >= 0.6 is 11.8 Å². The van der Waals surface area contributed by atoms with Gasteiger partial charge in [-0.25, -0.2) is 9.89 Å². The zero-order chi connectivity index (χ0) is 14.5. The Hall–Kier alpha value is -1.53. The number of aromatic amines is 1. The summed E-state index contributed by atoms with van der Waals surface area (Å²) in [4.78, 5) is 12.6. The molecule has 2 rings (SSSR count). The molecule has 0 aliphatic rings. The van der Waals surface area contributed by atoms with Crippen molar-refractivity contribution in [2.75, 3.05) is 0 Å². The highest BCUT2D eigenvalue weighted by Gasteiger charge is 2.14. The molecule has 0 unspecified atom stereocenters. The Kier molecular flexibility index (Phi) is 5.03. The van der Waals surface area contributed by atoms with Crippen LogP contribution in [0.5, 0.6) is 0 Å². The zero-order valence-electron chi connectivity index (χ0n) is 11.7. The van der Waals surface area contributed by atoms with Crippen LogP contribution in [0.25, 0.3) is 0 Å². The van der Waals surface area contributed by atoms with Crippen molar-refractivity contribution < 1.29 is 5.11 Å². The van der Waals surface area contributed by atoms with Gasteiger partial charge >= 0.3 is 5.69 Å². The topological polar surface area (TPSA) is 70.9 Å².